The van der Waals surface area contributed by atoms with E-state index >= 15 is 0 Å². The molecule has 2 fully saturated rings. The number of carbonyl (C=O) groups excluding carboxylic acids is 1. The molecule has 0 atom stereocenters. The lowest BCUT2D eigenvalue weighted by Gasteiger charge is -2.31. The number of hydrogen-bond acceptors (Lipinski definition) is 5. The molecule has 2 aromatic heterocycles. The maximum absolute atomic E-state index is 14.0. The second kappa shape index (κ2) is 8.24. The molecule has 0 bridgehead atoms. The van der Waals surface area contributed by atoms with Crippen molar-refractivity contribution >= 4 is 5.97 Å². The first-order valence-electron chi connectivity index (χ1n) is 11.5. The molecule has 0 aromatic carbocycles. The van der Waals surface area contributed by atoms with Crippen molar-refractivity contribution in [2.45, 2.75) is 58.2 Å². The van der Waals surface area contributed by atoms with Gasteiger partial charge >= 0.3 is 12.1 Å². The summed E-state index contributed by atoms with van der Waals surface area (Å²) in [6.45, 7) is 5.58. The molecule has 32 heavy (non-hydrogen) atoms. The minimum Gasteiger partial charge on any atom is -0.460 e. The Bertz CT molecular complexity index is 998. The molecule has 174 valence electrons. The maximum Gasteiger partial charge on any atom is 0.421 e. The van der Waals surface area contributed by atoms with Gasteiger partial charge in [-0.3, -0.25) is 4.68 Å². The summed E-state index contributed by atoms with van der Waals surface area (Å²) in [5.41, 5.74) is -0.111. The van der Waals surface area contributed by atoms with Gasteiger partial charge in [0.1, 0.15) is 11.3 Å². The number of esters is 1. The molecule has 2 aromatic rings. The van der Waals surface area contributed by atoms with Crippen molar-refractivity contribution in [3.05, 3.63) is 28.8 Å². The number of fused-ring (bicyclic) bond motifs is 3. The molecule has 5 rings (SSSR count). The van der Waals surface area contributed by atoms with Gasteiger partial charge in [0, 0.05) is 25.7 Å². The summed E-state index contributed by atoms with van der Waals surface area (Å²) in [5, 5.41) is 4.55. The Morgan fingerprint density at radius 1 is 1.16 bits per heavy atom. The first kappa shape index (κ1) is 21.6. The number of carbonyl (C=O) groups is 1. The third-order valence-corrected chi connectivity index (χ3v) is 6.79. The number of halogens is 3. The molecule has 0 unspecified atom stereocenters. The molecule has 0 amide bonds. The molecule has 0 spiro atoms. The topological polar surface area (TPSA) is 60.5 Å². The summed E-state index contributed by atoms with van der Waals surface area (Å²) in [5.74, 6) is -0.349. The van der Waals surface area contributed by atoms with Crippen LogP contribution in [0.4, 0.5) is 13.2 Å². The van der Waals surface area contributed by atoms with Crippen LogP contribution < -0.4 is 0 Å². The summed E-state index contributed by atoms with van der Waals surface area (Å²) >= 11 is 0. The number of aryl methyl sites for hydroxylation is 2. The molecular weight excluding hydrogens is 423 g/mol. The van der Waals surface area contributed by atoms with Gasteiger partial charge < -0.3 is 14.1 Å². The number of rotatable bonds is 6. The van der Waals surface area contributed by atoms with Crippen LogP contribution >= 0.6 is 0 Å². The number of likely N-dealkylation sites (tertiary alicyclic amines) is 1. The van der Waals surface area contributed by atoms with Crippen LogP contribution in [0.5, 0.6) is 0 Å². The quantitative estimate of drug-likeness (QED) is 0.603. The molecule has 1 saturated heterocycles. The zero-order chi connectivity index (χ0) is 22.5. The fourth-order valence-corrected chi connectivity index (χ4v) is 5.00. The average molecular weight is 451 g/mol. The molecule has 1 aliphatic heterocycles. The highest BCUT2D eigenvalue weighted by molar-refractivity contribution is 5.92. The monoisotopic (exact) mass is 451 g/mol. The predicted octanol–water partition coefficient (Wildman–Crippen LogP) is 4.56. The highest BCUT2D eigenvalue weighted by Gasteiger charge is 2.45. The first-order valence-corrected chi connectivity index (χ1v) is 11.5. The van der Waals surface area contributed by atoms with Gasteiger partial charge in [0.25, 0.3) is 0 Å². The van der Waals surface area contributed by atoms with Crippen molar-refractivity contribution < 1.29 is 27.1 Å². The Hall–Kier alpha value is -2.29. The van der Waals surface area contributed by atoms with Gasteiger partial charge in [0.05, 0.1) is 17.9 Å². The third kappa shape index (κ3) is 4.19. The Morgan fingerprint density at radius 2 is 1.88 bits per heavy atom. The van der Waals surface area contributed by atoms with E-state index in [-0.39, 0.29) is 23.6 Å². The van der Waals surface area contributed by atoms with Crippen molar-refractivity contribution in [1.29, 1.82) is 0 Å². The molecule has 0 N–H and O–H groups in total. The molecule has 3 heterocycles. The molecule has 3 aliphatic rings. The van der Waals surface area contributed by atoms with Gasteiger partial charge in [-0.2, -0.15) is 18.3 Å². The molecule has 1 saturated carbocycles. The van der Waals surface area contributed by atoms with Crippen LogP contribution in [-0.4, -0.2) is 46.9 Å². The lowest BCUT2D eigenvalue weighted by molar-refractivity contribution is -0.138. The standard InChI is InChI=1S/C23H28F3N3O3/c1-2-31-22(30)21-19(23(24,25)26)18-17(32-21)6-5-16-13-29(27-20(16)18)12-15-7-9-28(10-8-15)11-14-3-4-14/h13-15H,2-12H2,1H3. The Morgan fingerprint density at radius 3 is 2.53 bits per heavy atom. The number of alkyl halides is 3. The minimum absolute atomic E-state index is 0.0269. The van der Waals surface area contributed by atoms with E-state index in [1.807, 2.05) is 6.20 Å². The molecule has 0 radical (unpaired) electrons. The number of aromatic nitrogens is 2. The Kier molecular flexibility index (Phi) is 5.55. The second-order valence-corrected chi connectivity index (χ2v) is 9.23. The maximum atomic E-state index is 14.0. The third-order valence-electron chi connectivity index (χ3n) is 6.79. The zero-order valence-corrected chi connectivity index (χ0v) is 18.2. The lowest BCUT2D eigenvalue weighted by atomic mass is 9.93. The number of hydrogen-bond donors (Lipinski definition) is 0. The van der Waals surface area contributed by atoms with Crippen molar-refractivity contribution in [2.75, 3.05) is 26.2 Å². The van der Waals surface area contributed by atoms with Crippen LogP contribution in [0, 0.1) is 11.8 Å². The van der Waals surface area contributed by atoms with E-state index in [1.54, 1.807) is 11.6 Å². The van der Waals surface area contributed by atoms with Gasteiger partial charge in [0.2, 0.25) is 5.76 Å². The Balaban J connectivity index is 1.38. The summed E-state index contributed by atoms with van der Waals surface area (Å²) < 4.78 is 53.9. The van der Waals surface area contributed by atoms with Gasteiger partial charge in [-0.25, -0.2) is 4.79 Å². The molecular formula is C23H28F3N3O3. The highest BCUT2D eigenvalue weighted by atomic mass is 19.4. The van der Waals surface area contributed by atoms with Crippen LogP contribution in [0.2, 0.25) is 0 Å². The fourth-order valence-electron chi connectivity index (χ4n) is 5.00. The van der Waals surface area contributed by atoms with Crippen LogP contribution in [0.1, 0.15) is 60.0 Å². The van der Waals surface area contributed by atoms with Crippen LogP contribution in [-0.2, 0) is 30.3 Å². The minimum atomic E-state index is -4.74. The smallest absolute Gasteiger partial charge is 0.421 e. The normalized spacial score (nSPS) is 19.6. The SMILES string of the molecule is CCOC(=O)c1oc2c(c1C(F)(F)F)-c1nn(CC3CCN(CC4CC4)CC3)cc1CC2. The lowest BCUT2D eigenvalue weighted by Crippen LogP contribution is -2.36. The second-order valence-electron chi connectivity index (χ2n) is 9.23. The van der Waals surface area contributed by atoms with Gasteiger partial charge in [-0.15, -0.1) is 0 Å². The molecule has 9 heteroatoms. The summed E-state index contributed by atoms with van der Waals surface area (Å²) in [7, 11) is 0. The van der Waals surface area contributed by atoms with Gasteiger partial charge in [0.15, 0.2) is 0 Å². The van der Waals surface area contributed by atoms with Crippen molar-refractivity contribution in [2.24, 2.45) is 11.8 Å². The zero-order valence-electron chi connectivity index (χ0n) is 18.2. The van der Waals surface area contributed by atoms with Gasteiger partial charge in [-0.1, -0.05) is 0 Å². The molecule has 6 nitrogen and oxygen atoms in total. The van der Waals surface area contributed by atoms with E-state index in [1.165, 1.54) is 19.4 Å². The average Bonchev–Trinajstić information content (AvgIpc) is 3.31. The van der Waals surface area contributed by atoms with E-state index < -0.39 is 23.5 Å². The van der Waals surface area contributed by atoms with Crippen LogP contribution in [0.15, 0.2) is 10.6 Å². The summed E-state index contributed by atoms with van der Waals surface area (Å²) in [6, 6.07) is 0. The predicted molar refractivity (Wildman–Crippen MR) is 110 cm³/mol. The van der Waals surface area contributed by atoms with E-state index in [0.717, 1.165) is 37.4 Å². The number of piperidine rings is 1. The number of ether oxygens (including phenoxy) is 1. The van der Waals surface area contributed by atoms with Gasteiger partial charge in [-0.05, 0) is 69.5 Å². The van der Waals surface area contributed by atoms with E-state index in [0.29, 0.717) is 25.3 Å². The van der Waals surface area contributed by atoms with Crippen molar-refractivity contribution in [3.63, 3.8) is 0 Å². The number of nitrogens with zero attached hydrogens (tertiary/aromatic N) is 3. The largest absolute Gasteiger partial charge is 0.460 e. The van der Waals surface area contributed by atoms with Crippen LogP contribution in [0.3, 0.4) is 0 Å². The van der Waals surface area contributed by atoms with Crippen molar-refractivity contribution in [3.8, 4) is 11.3 Å². The Labute approximate surface area is 184 Å². The molecule has 2 aliphatic carbocycles. The van der Waals surface area contributed by atoms with Crippen LogP contribution in [0.25, 0.3) is 11.3 Å². The van der Waals surface area contributed by atoms with E-state index in [2.05, 4.69) is 10.00 Å². The van der Waals surface area contributed by atoms with Crippen molar-refractivity contribution in [1.82, 2.24) is 14.7 Å². The van der Waals surface area contributed by atoms with E-state index in [9.17, 15) is 18.0 Å². The summed E-state index contributed by atoms with van der Waals surface area (Å²) in [4.78, 5) is 14.7. The van der Waals surface area contributed by atoms with E-state index in [4.69, 9.17) is 9.15 Å². The first-order chi connectivity index (χ1) is 15.3. The number of furan rings is 1. The summed E-state index contributed by atoms with van der Waals surface area (Å²) in [6.07, 6.45) is 2.83. The fraction of sp³-hybridized carbons (Fsp3) is 0.652. The highest BCUT2D eigenvalue weighted by Crippen LogP contribution is 2.46.